The molecule has 0 bridgehead atoms. The van der Waals surface area contributed by atoms with Crippen molar-refractivity contribution in [2.24, 2.45) is 17.3 Å². The van der Waals surface area contributed by atoms with Crippen LogP contribution < -0.4 is 0 Å². The second-order valence-corrected chi connectivity index (χ2v) is 5.91. The van der Waals surface area contributed by atoms with E-state index in [-0.39, 0.29) is 23.4 Å². The van der Waals surface area contributed by atoms with E-state index in [9.17, 15) is 4.79 Å². The Kier molecular flexibility index (Phi) is 3.23. The Hall–Kier alpha value is -0.530. The minimum atomic E-state index is 0.00856. The lowest BCUT2D eigenvalue weighted by molar-refractivity contribution is -0.145. The molecule has 1 aliphatic heterocycles. The van der Waals surface area contributed by atoms with Crippen LogP contribution in [0.25, 0.3) is 0 Å². The number of rotatable bonds is 2. The average molecular weight is 198 g/mol. The summed E-state index contributed by atoms with van der Waals surface area (Å²) in [4.78, 5) is 11.5. The van der Waals surface area contributed by atoms with Gasteiger partial charge in [0.15, 0.2) is 0 Å². The third-order valence-corrected chi connectivity index (χ3v) is 2.75. The van der Waals surface area contributed by atoms with Gasteiger partial charge in [-0.3, -0.25) is 4.79 Å². The van der Waals surface area contributed by atoms with Crippen molar-refractivity contribution in [2.75, 3.05) is 0 Å². The molecule has 1 rings (SSSR count). The highest BCUT2D eigenvalue weighted by Gasteiger charge is 2.37. The fourth-order valence-electron chi connectivity index (χ4n) is 2.03. The van der Waals surface area contributed by atoms with Crippen molar-refractivity contribution in [1.29, 1.82) is 0 Å². The molecule has 0 saturated carbocycles. The Morgan fingerprint density at radius 3 is 2.36 bits per heavy atom. The molecule has 2 heteroatoms. The summed E-state index contributed by atoms with van der Waals surface area (Å²) in [6, 6.07) is 0. The van der Waals surface area contributed by atoms with Gasteiger partial charge in [0.25, 0.3) is 0 Å². The summed E-state index contributed by atoms with van der Waals surface area (Å²) in [5.41, 5.74) is 0.247. The average Bonchev–Trinajstić information content (AvgIpc) is 2.26. The van der Waals surface area contributed by atoms with Crippen LogP contribution in [0.2, 0.25) is 0 Å². The number of carbonyl (C=O) groups is 1. The zero-order valence-electron chi connectivity index (χ0n) is 9.96. The molecular weight excluding hydrogens is 176 g/mol. The highest BCUT2D eigenvalue weighted by atomic mass is 16.5. The molecule has 0 N–H and O–H groups in total. The fraction of sp³-hybridized carbons (Fsp3) is 0.917. The summed E-state index contributed by atoms with van der Waals surface area (Å²) in [6.07, 6.45) is 2.03. The Bertz CT molecular complexity index is 213. The normalized spacial score (nSPS) is 28.3. The van der Waals surface area contributed by atoms with E-state index in [0.717, 1.165) is 12.8 Å². The fourth-order valence-corrected chi connectivity index (χ4v) is 2.03. The third-order valence-electron chi connectivity index (χ3n) is 2.75. The molecule has 0 amide bonds. The van der Waals surface area contributed by atoms with Crippen LogP contribution in [0.5, 0.6) is 0 Å². The van der Waals surface area contributed by atoms with Gasteiger partial charge < -0.3 is 4.74 Å². The second kappa shape index (κ2) is 3.92. The predicted molar refractivity (Wildman–Crippen MR) is 56.9 cm³/mol. The maximum absolute atomic E-state index is 11.5. The summed E-state index contributed by atoms with van der Waals surface area (Å²) in [7, 11) is 0. The molecule has 2 unspecified atom stereocenters. The number of esters is 1. The van der Waals surface area contributed by atoms with E-state index in [1.165, 1.54) is 0 Å². The summed E-state index contributed by atoms with van der Waals surface area (Å²) >= 11 is 0. The van der Waals surface area contributed by atoms with Crippen molar-refractivity contribution in [3.05, 3.63) is 0 Å². The first-order valence-electron chi connectivity index (χ1n) is 5.50. The van der Waals surface area contributed by atoms with E-state index in [2.05, 4.69) is 34.6 Å². The quantitative estimate of drug-likeness (QED) is 0.637. The molecule has 2 atom stereocenters. The Morgan fingerprint density at radius 2 is 2.00 bits per heavy atom. The van der Waals surface area contributed by atoms with Crippen LogP contribution in [-0.4, -0.2) is 12.1 Å². The van der Waals surface area contributed by atoms with Crippen LogP contribution in [-0.2, 0) is 9.53 Å². The van der Waals surface area contributed by atoms with Gasteiger partial charge in [-0.25, -0.2) is 0 Å². The van der Waals surface area contributed by atoms with Gasteiger partial charge in [0, 0.05) is 0 Å². The van der Waals surface area contributed by atoms with Gasteiger partial charge in [-0.2, -0.15) is 0 Å². The highest BCUT2D eigenvalue weighted by Crippen LogP contribution is 2.33. The molecule has 14 heavy (non-hydrogen) atoms. The van der Waals surface area contributed by atoms with E-state index in [0.29, 0.717) is 5.92 Å². The van der Waals surface area contributed by atoms with Gasteiger partial charge in [0.2, 0.25) is 0 Å². The van der Waals surface area contributed by atoms with Crippen LogP contribution in [0, 0.1) is 17.3 Å². The van der Waals surface area contributed by atoms with Crippen LogP contribution in [0.4, 0.5) is 0 Å². The van der Waals surface area contributed by atoms with Crippen molar-refractivity contribution >= 4 is 5.97 Å². The van der Waals surface area contributed by atoms with E-state index >= 15 is 0 Å². The molecule has 0 aromatic carbocycles. The molecule has 2 nitrogen and oxygen atoms in total. The summed E-state index contributed by atoms with van der Waals surface area (Å²) in [6.45, 7) is 10.7. The third kappa shape index (κ3) is 3.00. The van der Waals surface area contributed by atoms with Gasteiger partial charge in [-0.1, -0.05) is 34.6 Å². The van der Waals surface area contributed by atoms with Gasteiger partial charge in [-0.05, 0) is 24.2 Å². The Morgan fingerprint density at radius 1 is 1.43 bits per heavy atom. The molecule has 0 spiro atoms. The summed E-state index contributed by atoms with van der Waals surface area (Å²) < 4.78 is 5.37. The zero-order valence-corrected chi connectivity index (χ0v) is 9.96. The van der Waals surface area contributed by atoms with Crippen LogP contribution in [0.1, 0.15) is 47.5 Å². The van der Waals surface area contributed by atoms with Crippen molar-refractivity contribution in [1.82, 2.24) is 0 Å². The number of carbonyl (C=O) groups excluding carboxylic acids is 1. The monoisotopic (exact) mass is 198 g/mol. The zero-order chi connectivity index (χ0) is 10.9. The lowest BCUT2D eigenvalue weighted by Gasteiger charge is -2.21. The van der Waals surface area contributed by atoms with E-state index in [1.807, 2.05) is 0 Å². The molecule has 0 radical (unpaired) electrons. The lowest BCUT2D eigenvalue weighted by Crippen LogP contribution is -2.17. The second-order valence-electron chi connectivity index (χ2n) is 5.91. The number of cyclic esters (lactones) is 1. The molecule has 1 heterocycles. The van der Waals surface area contributed by atoms with Gasteiger partial charge >= 0.3 is 5.97 Å². The van der Waals surface area contributed by atoms with Gasteiger partial charge in [0.1, 0.15) is 6.10 Å². The molecule has 0 aromatic heterocycles. The SMILES string of the molecule is CC(C)C1CC(CC(C)(C)C)OC1=O. The van der Waals surface area contributed by atoms with Crippen molar-refractivity contribution in [3.8, 4) is 0 Å². The molecule has 0 aromatic rings. The minimum Gasteiger partial charge on any atom is -0.462 e. The topological polar surface area (TPSA) is 26.3 Å². The molecule has 0 aliphatic carbocycles. The van der Waals surface area contributed by atoms with E-state index in [4.69, 9.17) is 4.74 Å². The molecule has 82 valence electrons. The molecule has 1 aliphatic rings. The van der Waals surface area contributed by atoms with Gasteiger partial charge in [-0.15, -0.1) is 0 Å². The minimum absolute atomic E-state index is 0.00856. The number of ether oxygens (including phenoxy) is 1. The van der Waals surface area contributed by atoms with Gasteiger partial charge in [0.05, 0.1) is 5.92 Å². The smallest absolute Gasteiger partial charge is 0.309 e. The van der Waals surface area contributed by atoms with Crippen molar-refractivity contribution in [3.63, 3.8) is 0 Å². The Balaban J connectivity index is 2.51. The lowest BCUT2D eigenvalue weighted by atomic mass is 9.85. The van der Waals surface area contributed by atoms with E-state index in [1.54, 1.807) is 0 Å². The molecular formula is C12H22O2. The van der Waals surface area contributed by atoms with Crippen LogP contribution >= 0.6 is 0 Å². The van der Waals surface area contributed by atoms with E-state index < -0.39 is 0 Å². The predicted octanol–water partition coefficient (Wildman–Crippen LogP) is 3.01. The first-order chi connectivity index (χ1) is 6.29. The largest absolute Gasteiger partial charge is 0.462 e. The Labute approximate surface area is 87.0 Å². The standard InChI is InChI=1S/C12H22O2/c1-8(2)10-6-9(14-11(10)13)7-12(3,4)5/h8-10H,6-7H2,1-5H3. The van der Waals surface area contributed by atoms with Crippen LogP contribution in [0.3, 0.4) is 0 Å². The first kappa shape index (κ1) is 11.5. The first-order valence-corrected chi connectivity index (χ1v) is 5.50. The van der Waals surface area contributed by atoms with Crippen LogP contribution in [0.15, 0.2) is 0 Å². The highest BCUT2D eigenvalue weighted by molar-refractivity contribution is 5.74. The molecule has 1 saturated heterocycles. The number of hydrogen-bond acceptors (Lipinski definition) is 2. The molecule has 1 fully saturated rings. The summed E-state index contributed by atoms with van der Waals surface area (Å²) in [5, 5.41) is 0. The van der Waals surface area contributed by atoms with Crippen molar-refractivity contribution < 1.29 is 9.53 Å². The summed E-state index contributed by atoms with van der Waals surface area (Å²) in [5.74, 6) is 0.545. The number of hydrogen-bond donors (Lipinski definition) is 0. The van der Waals surface area contributed by atoms with Crippen molar-refractivity contribution in [2.45, 2.75) is 53.6 Å². The maximum Gasteiger partial charge on any atom is 0.309 e. The maximum atomic E-state index is 11.5.